The van der Waals surface area contributed by atoms with Crippen LogP contribution in [0.1, 0.15) is 35.7 Å². The number of fused-ring (bicyclic) bond motifs is 4. The van der Waals surface area contributed by atoms with Gasteiger partial charge in [0.1, 0.15) is 5.58 Å². The summed E-state index contributed by atoms with van der Waals surface area (Å²) in [6.45, 7) is 0.876. The Morgan fingerprint density at radius 1 is 1.12 bits per heavy atom. The van der Waals surface area contributed by atoms with E-state index in [9.17, 15) is 0 Å². The molecule has 0 saturated carbocycles. The lowest BCUT2D eigenvalue weighted by Gasteiger charge is -2.24. The van der Waals surface area contributed by atoms with Crippen LogP contribution in [0, 0.1) is 0 Å². The van der Waals surface area contributed by atoms with E-state index in [0.717, 1.165) is 12.1 Å². The molecule has 5 rings (SSSR count). The van der Waals surface area contributed by atoms with Crippen LogP contribution in [-0.2, 0) is 13.0 Å². The van der Waals surface area contributed by atoms with Gasteiger partial charge in [-0.2, -0.15) is 0 Å². The Hall–Kier alpha value is -2.23. The van der Waals surface area contributed by atoms with Crippen LogP contribution in [-0.4, -0.2) is 4.98 Å². The lowest BCUT2D eigenvalue weighted by Crippen LogP contribution is -2.24. The highest BCUT2D eigenvalue weighted by Gasteiger charge is 2.23. The van der Waals surface area contributed by atoms with Gasteiger partial charge in [0.2, 0.25) is 0 Å². The van der Waals surface area contributed by atoms with Gasteiger partial charge in [-0.05, 0) is 54.7 Å². The molecule has 2 N–H and O–H groups in total. The van der Waals surface area contributed by atoms with Crippen molar-refractivity contribution < 1.29 is 4.42 Å². The molecule has 1 aliphatic carbocycles. The quantitative estimate of drug-likeness (QED) is 0.511. The Kier molecular flexibility index (Phi) is 4.28. The average Bonchev–Trinajstić information content (AvgIpc) is 3.24. The van der Waals surface area contributed by atoms with Gasteiger partial charge in [-0.1, -0.05) is 24.3 Å². The maximum Gasteiger partial charge on any atom is 0.133 e. The maximum absolute atomic E-state index is 5.42. The monoisotopic (exact) mass is 352 g/mol. The Morgan fingerprint density at radius 3 is 3.00 bits per heavy atom. The molecule has 0 spiro atoms. The van der Waals surface area contributed by atoms with E-state index in [2.05, 4.69) is 52.8 Å². The number of nitrogens with one attached hydrogen (secondary N) is 2. The number of aromatic amines is 1. The summed E-state index contributed by atoms with van der Waals surface area (Å²) in [7, 11) is 0. The molecule has 2 aromatic heterocycles. The Bertz CT molecular complexity index is 1020. The van der Waals surface area contributed by atoms with Crippen molar-refractivity contribution in [2.45, 2.75) is 31.8 Å². The molecule has 25 heavy (non-hydrogen) atoms. The van der Waals surface area contributed by atoms with Crippen molar-refractivity contribution in [3.8, 4) is 0 Å². The molecule has 0 radical (unpaired) electrons. The Morgan fingerprint density at radius 2 is 2.04 bits per heavy atom. The van der Waals surface area contributed by atoms with Gasteiger partial charge in [-0.15, -0.1) is 12.4 Å². The number of furan rings is 1. The zero-order chi connectivity index (χ0) is 15.9. The summed E-state index contributed by atoms with van der Waals surface area (Å²) in [5.74, 6) is 0. The topological polar surface area (TPSA) is 41.0 Å². The highest BCUT2D eigenvalue weighted by atomic mass is 35.5. The summed E-state index contributed by atoms with van der Waals surface area (Å²) in [5, 5.41) is 6.31. The minimum atomic E-state index is 0. The molecule has 2 aromatic carbocycles. The van der Waals surface area contributed by atoms with Gasteiger partial charge in [0.15, 0.2) is 0 Å². The minimum absolute atomic E-state index is 0. The van der Waals surface area contributed by atoms with E-state index in [-0.39, 0.29) is 12.4 Å². The van der Waals surface area contributed by atoms with Crippen LogP contribution in [0.2, 0.25) is 0 Å². The van der Waals surface area contributed by atoms with Crippen molar-refractivity contribution >= 4 is 34.3 Å². The molecule has 1 aliphatic rings. The molecule has 0 aliphatic heterocycles. The van der Waals surface area contributed by atoms with Gasteiger partial charge in [0, 0.05) is 34.6 Å². The van der Waals surface area contributed by atoms with Gasteiger partial charge in [0.25, 0.3) is 0 Å². The van der Waals surface area contributed by atoms with Gasteiger partial charge >= 0.3 is 0 Å². The van der Waals surface area contributed by atoms with Crippen LogP contribution in [0.25, 0.3) is 21.9 Å². The van der Waals surface area contributed by atoms with E-state index in [4.69, 9.17) is 4.42 Å². The molecule has 1 unspecified atom stereocenters. The average molecular weight is 353 g/mol. The van der Waals surface area contributed by atoms with E-state index in [1.165, 1.54) is 52.4 Å². The van der Waals surface area contributed by atoms with Crippen molar-refractivity contribution in [3.05, 3.63) is 71.6 Å². The second-order valence-electron chi connectivity index (χ2n) is 6.68. The Labute approximate surface area is 152 Å². The summed E-state index contributed by atoms with van der Waals surface area (Å²) >= 11 is 0. The summed E-state index contributed by atoms with van der Waals surface area (Å²) in [6, 6.07) is 17.5. The fourth-order valence-corrected chi connectivity index (χ4v) is 3.99. The molecule has 4 aromatic rings. The smallest absolute Gasteiger partial charge is 0.133 e. The number of para-hydroxylation sites is 1. The molecule has 0 saturated heterocycles. The van der Waals surface area contributed by atoms with Crippen molar-refractivity contribution in [2.75, 3.05) is 0 Å². The van der Waals surface area contributed by atoms with Crippen LogP contribution in [0.5, 0.6) is 0 Å². The number of aromatic nitrogens is 1. The Balaban J connectivity index is 0.00000157. The van der Waals surface area contributed by atoms with Crippen LogP contribution in [0.4, 0.5) is 0 Å². The second-order valence-corrected chi connectivity index (χ2v) is 6.68. The number of H-pyrrole nitrogens is 1. The summed E-state index contributed by atoms with van der Waals surface area (Å²) in [6.07, 6.45) is 5.36. The minimum Gasteiger partial charge on any atom is -0.464 e. The summed E-state index contributed by atoms with van der Waals surface area (Å²) in [4.78, 5) is 3.65. The third-order valence-corrected chi connectivity index (χ3v) is 5.18. The summed E-state index contributed by atoms with van der Waals surface area (Å²) < 4.78 is 5.42. The predicted molar refractivity (Wildman–Crippen MR) is 104 cm³/mol. The molecule has 0 fully saturated rings. The van der Waals surface area contributed by atoms with E-state index in [0.29, 0.717) is 6.04 Å². The van der Waals surface area contributed by atoms with Crippen LogP contribution in [0.15, 0.2) is 59.2 Å². The lowest BCUT2D eigenvalue weighted by atomic mass is 9.91. The molecular weight excluding hydrogens is 332 g/mol. The van der Waals surface area contributed by atoms with E-state index in [1.54, 1.807) is 6.26 Å². The zero-order valence-corrected chi connectivity index (χ0v) is 14.7. The first kappa shape index (κ1) is 16.2. The normalized spacial score (nSPS) is 16.7. The van der Waals surface area contributed by atoms with Crippen molar-refractivity contribution in [2.24, 2.45) is 0 Å². The number of benzene rings is 2. The number of rotatable bonds is 3. The lowest BCUT2D eigenvalue weighted by molar-refractivity contribution is 0.452. The van der Waals surface area contributed by atoms with E-state index >= 15 is 0 Å². The first-order valence-corrected chi connectivity index (χ1v) is 8.67. The first-order valence-electron chi connectivity index (χ1n) is 8.67. The third-order valence-electron chi connectivity index (χ3n) is 5.18. The predicted octanol–water partition coefficient (Wildman–Crippen LogP) is 5.50. The van der Waals surface area contributed by atoms with E-state index < -0.39 is 0 Å². The van der Waals surface area contributed by atoms with Gasteiger partial charge in [0.05, 0.1) is 6.26 Å². The third kappa shape index (κ3) is 2.84. The molecule has 0 amide bonds. The number of hydrogen-bond donors (Lipinski definition) is 2. The molecule has 2 heterocycles. The van der Waals surface area contributed by atoms with Crippen LogP contribution in [0.3, 0.4) is 0 Å². The molecule has 128 valence electrons. The highest BCUT2D eigenvalue weighted by Crippen LogP contribution is 2.34. The number of halogens is 1. The van der Waals surface area contributed by atoms with Gasteiger partial charge in [-0.25, -0.2) is 0 Å². The number of hydrogen-bond acceptors (Lipinski definition) is 2. The van der Waals surface area contributed by atoms with Crippen molar-refractivity contribution in [1.29, 1.82) is 0 Å². The number of aryl methyl sites for hydroxylation is 1. The molecular formula is C21H21ClN2O. The van der Waals surface area contributed by atoms with E-state index in [1.807, 2.05) is 6.07 Å². The zero-order valence-electron chi connectivity index (χ0n) is 13.9. The van der Waals surface area contributed by atoms with Gasteiger partial charge < -0.3 is 14.7 Å². The van der Waals surface area contributed by atoms with Crippen molar-refractivity contribution in [3.63, 3.8) is 0 Å². The molecule has 1 atom stereocenters. The van der Waals surface area contributed by atoms with Gasteiger partial charge in [-0.3, -0.25) is 0 Å². The molecule has 0 bridgehead atoms. The first-order chi connectivity index (χ1) is 11.9. The fraction of sp³-hybridized carbons (Fsp3) is 0.238. The second kappa shape index (κ2) is 6.58. The molecule has 4 heteroatoms. The van der Waals surface area contributed by atoms with Crippen molar-refractivity contribution in [1.82, 2.24) is 10.3 Å². The SMILES string of the molecule is Cl.c1ccc2c3c([nH]c2c1)C(NCc1ccc2occc2c1)CCC3. The van der Waals surface area contributed by atoms with Crippen LogP contribution >= 0.6 is 12.4 Å². The standard InChI is InChI=1S/C21H20N2O.ClH/c1-2-6-18-16(4-1)17-5-3-7-19(21(17)23-18)22-13-14-8-9-20-15(12-14)10-11-24-20;/h1-2,4,6,8-12,19,22-23H,3,5,7,13H2;1H. The molecule has 3 nitrogen and oxygen atoms in total. The van der Waals surface area contributed by atoms with Crippen LogP contribution < -0.4 is 5.32 Å². The maximum atomic E-state index is 5.42. The highest BCUT2D eigenvalue weighted by molar-refractivity contribution is 5.85. The fourth-order valence-electron chi connectivity index (χ4n) is 3.99. The summed E-state index contributed by atoms with van der Waals surface area (Å²) in [5.41, 5.74) is 6.39. The largest absolute Gasteiger partial charge is 0.464 e.